The minimum atomic E-state index is -1.10. The fourth-order valence-corrected chi connectivity index (χ4v) is 2.41. The Morgan fingerprint density at radius 1 is 1.24 bits per heavy atom. The summed E-state index contributed by atoms with van der Waals surface area (Å²) in [5.74, 6) is -0.848. The highest BCUT2D eigenvalue weighted by atomic mass is 16.7. The van der Waals surface area contributed by atoms with Gasteiger partial charge in [0, 0.05) is 0 Å². The molecule has 0 aromatic heterocycles. The fourth-order valence-electron chi connectivity index (χ4n) is 2.41. The molecule has 0 bridgehead atoms. The van der Waals surface area contributed by atoms with Crippen LogP contribution in [0.1, 0.15) is 38.5 Å². The molecule has 17 heavy (non-hydrogen) atoms. The molecule has 1 aliphatic heterocycles. The molecule has 0 aromatic rings. The SMILES string of the molecule is O=C(O)C1OC1C(=O)OCCCC1CCCC1. The standard InChI is InChI=1S/C12H18O5/c13-11(14)9-10(17-9)12(15)16-7-3-6-8-4-1-2-5-8/h8-10H,1-7H2,(H,13,14). The lowest BCUT2D eigenvalue weighted by atomic mass is 10.0. The van der Waals surface area contributed by atoms with E-state index in [4.69, 9.17) is 14.6 Å². The van der Waals surface area contributed by atoms with Gasteiger partial charge in [0.1, 0.15) is 0 Å². The molecule has 5 nitrogen and oxygen atoms in total. The molecule has 0 radical (unpaired) electrons. The van der Waals surface area contributed by atoms with Crippen molar-refractivity contribution in [3.63, 3.8) is 0 Å². The van der Waals surface area contributed by atoms with Crippen LogP contribution < -0.4 is 0 Å². The van der Waals surface area contributed by atoms with Crippen molar-refractivity contribution in [3.8, 4) is 0 Å². The number of hydrogen-bond acceptors (Lipinski definition) is 4. The first-order chi connectivity index (χ1) is 8.18. The molecule has 2 unspecified atom stereocenters. The van der Waals surface area contributed by atoms with Crippen LogP contribution in [0.25, 0.3) is 0 Å². The molecule has 1 N–H and O–H groups in total. The average molecular weight is 242 g/mol. The largest absolute Gasteiger partial charge is 0.479 e. The van der Waals surface area contributed by atoms with Gasteiger partial charge in [-0.25, -0.2) is 9.59 Å². The van der Waals surface area contributed by atoms with Crippen molar-refractivity contribution >= 4 is 11.9 Å². The topological polar surface area (TPSA) is 76.1 Å². The first-order valence-electron chi connectivity index (χ1n) is 6.23. The van der Waals surface area contributed by atoms with E-state index in [9.17, 15) is 9.59 Å². The van der Waals surface area contributed by atoms with E-state index in [1.54, 1.807) is 0 Å². The second-order valence-corrected chi connectivity index (χ2v) is 4.78. The Labute approximate surface area is 100 Å². The number of rotatable bonds is 6. The Kier molecular flexibility index (Phi) is 3.99. The van der Waals surface area contributed by atoms with Gasteiger partial charge in [0.15, 0.2) is 12.2 Å². The quantitative estimate of drug-likeness (QED) is 0.432. The smallest absolute Gasteiger partial charge is 0.338 e. The molecular weight excluding hydrogens is 224 g/mol. The number of ether oxygens (including phenoxy) is 2. The van der Waals surface area contributed by atoms with E-state index in [-0.39, 0.29) is 0 Å². The number of carboxylic acids is 1. The summed E-state index contributed by atoms with van der Waals surface area (Å²) in [6.45, 7) is 0.377. The van der Waals surface area contributed by atoms with Crippen LogP contribution >= 0.6 is 0 Å². The Balaban J connectivity index is 1.53. The third-order valence-electron chi connectivity index (χ3n) is 3.44. The van der Waals surface area contributed by atoms with Crippen LogP contribution in [-0.2, 0) is 19.1 Å². The van der Waals surface area contributed by atoms with Crippen LogP contribution in [0, 0.1) is 5.92 Å². The molecule has 2 fully saturated rings. The maximum atomic E-state index is 11.3. The van der Waals surface area contributed by atoms with E-state index in [0.29, 0.717) is 6.61 Å². The first kappa shape index (κ1) is 12.4. The van der Waals surface area contributed by atoms with Gasteiger partial charge in [-0.3, -0.25) is 0 Å². The number of aliphatic carboxylic acids is 1. The van der Waals surface area contributed by atoms with Crippen molar-refractivity contribution in [2.24, 2.45) is 5.92 Å². The summed E-state index contributed by atoms with van der Waals surface area (Å²) in [6.07, 6.45) is 5.32. The van der Waals surface area contributed by atoms with Crippen molar-refractivity contribution in [1.29, 1.82) is 0 Å². The van der Waals surface area contributed by atoms with Crippen molar-refractivity contribution < 1.29 is 24.2 Å². The lowest BCUT2D eigenvalue weighted by Gasteiger charge is -2.08. The molecule has 2 rings (SSSR count). The monoisotopic (exact) mass is 242 g/mol. The van der Waals surface area contributed by atoms with Gasteiger partial charge in [-0.15, -0.1) is 0 Å². The Morgan fingerprint density at radius 3 is 2.53 bits per heavy atom. The Bertz CT molecular complexity index is 295. The van der Waals surface area contributed by atoms with Crippen molar-refractivity contribution in [2.75, 3.05) is 6.61 Å². The number of esters is 1. The van der Waals surface area contributed by atoms with E-state index in [0.717, 1.165) is 18.8 Å². The summed E-state index contributed by atoms with van der Waals surface area (Å²) < 4.78 is 9.68. The molecule has 0 amide bonds. The minimum absolute atomic E-state index is 0.377. The number of carbonyl (C=O) groups is 2. The van der Waals surface area contributed by atoms with Gasteiger partial charge in [-0.2, -0.15) is 0 Å². The second-order valence-electron chi connectivity index (χ2n) is 4.78. The van der Waals surface area contributed by atoms with Gasteiger partial charge >= 0.3 is 11.9 Å². The van der Waals surface area contributed by atoms with E-state index in [1.165, 1.54) is 25.7 Å². The molecule has 0 aromatic carbocycles. The second kappa shape index (κ2) is 5.49. The predicted octanol–water partition coefficient (Wildman–Crippen LogP) is 1.35. The Morgan fingerprint density at radius 2 is 1.94 bits per heavy atom. The molecular formula is C12H18O5. The van der Waals surface area contributed by atoms with E-state index in [2.05, 4.69) is 0 Å². The van der Waals surface area contributed by atoms with Crippen LogP contribution in [0.2, 0.25) is 0 Å². The third-order valence-corrected chi connectivity index (χ3v) is 3.44. The summed E-state index contributed by atoms with van der Waals surface area (Å²) in [5.41, 5.74) is 0. The van der Waals surface area contributed by atoms with Crippen LogP contribution in [0.5, 0.6) is 0 Å². The van der Waals surface area contributed by atoms with Gasteiger partial charge < -0.3 is 14.6 Å². The minimum Gasteiger partial charge on any atom is -0.479 e. The maximum absolute atomic E-state index is 11.3. The highest BCUT2D eigenvalue weighted by Gasteiger charge is 2.51. The van der Waals surface area contributed by atoms with E-state index < -0.39 is 24.1 Å². The van der Waals surface area contributed by atoms with Crippen LogP contribution in [-0.4, -0.2) is 35.9 Å². The normalized spacial score (nSPS) is 28.0. The van der Waals surface area contributed by atoms with Crippen LogP contribution in [0.3, 0.4) is 0 Å². The van der Waals surface area contributed by atoms with Gasteiger partial charge in [0.05, 0.1) is 6.61 Å². The van der Waals surface area contributed by atoms with Crippen molar-refractivity contribution in [1.82, 2.24) is 0 Å². The lowest BCUT2D eigenvalue weighted by Crippen LogP contribution is -2.18. The molecule has 5 heteroatoms. The molecule has 1 saturated carbocycles. The summed E-state index contributed by atoms with van der Waals surface area (Å²) in [5, 5.41) is 8.55. The molecule has 1 aliphatic carbocycles. The van der Waals surface area contributed by atoms with Gasteiger partial charge in [0.25, 0.3) is 0 Å². The van der Waals surface area contributed by atoms with Crippen LogP contribution in [0.15, 0.2) is 0 Å². The number of carboxylic acid groups (broad SMARTS) is 1. The van der Waals surface area contributed by atoms with Crippen LogP contribution in [0.4, 0.5) is 0 Å². The van der Waals surface area contributed by atoms with Gasteiger partial charge in [0.2, 0.25) is 0 Å². The maximum Gasteiger partial charge on any atom is 0.338 e. The molecule has 1 heterocycles. The average Bonchev–Trinajstić information content (AvgIpc) is 2.95. The summed E-state index contributed by atoms with van der Waals surface area (Å²) in [4.78, 5) is 21.8. The molecule has 1 saturated heterocycles. The molecule has 0 spiro atoms. The molecule has 2 aliphatic rings. The van der Waals surface area contributed by atoms with E-state index >= 15 is 0 Å². The zero-order valence-electron chi connectivity index (χ0n) is 9.76. The predicted molar refractivity (Wildman–Crippen MR) is 58.4 cm³/mol. The summed E-state index contributed by atoms with van der Waals surface area (Å²) in [6, 6.07) is 0. The zero-order valence-corrected chi connectivity index (χ0v) is 9.76. The number of epoxide rings is 1. The Hall–Kier alpha value is -1.10. The summed E-state index contributed by atoms with van der Waals surface area (Å²) >= 11 is 0. The highest BCUT2D eigenvalue weighted by molar-refractivity contribution is 5.88. The molecule has 96 valence electrons. The molecule has 2 atom stereocenters. The van der Waals surface area contributed by atoms with Gasteiger partial charge in [-0.1, -0.05) is 25.7 Å². The first-order valence-corrected chi connectivity index (χ1v) is 6.23. The number of carbonyl (C=O) groups excluding carboxylic acids is 1. The van der Waals surface area contributed by atoms with Gasteiger partial charge in [-0.05, 0) is 18.8 Å². The van der Waals surface area contributed by atoms with Crippen molar-refractivity contribution in [3.05, 3.63) is 0 Å². The fraction of sp³-hybridized carbons (Fsp3) is 0.833. The zero-order chi connectivity index (χ0) is 12.3. The summed E-state index contributed by atoms with van der Waals surface area (Å²) in [7, 11) is 0. The van der Waals surface area contributed by atoms with Crippen molar-refractivity contribution in [2.45, 2.75) is 50.7 Å². The highest BCUT2D eigenvalue weighted by Crippen LogP contribution is 2.28. The number of hydrogen-bond donors (Lipinski definition) is 1. The lowest BCUT2D eigenvalue weighted by molar-refractivity contribution is -0.146. The third kappa shape index (κ3) is 3.43. The van der Waals surface area contributed by atoms with E-state index in [1.807, 2.05) is 0 Å².